The van der Waals surface area contributed by atoms with E-state index in [9.17, 15) is 19.1 Å². The molecule has 2 aromatic carbocycles. The molecule has 4 rings (SSSR count). The minimum Gasteiger partial charge on any atom is -0.390 e. The molecule has 186 valence electrons. The van der Waals surface area contributed by atoms with Gasteiger partial charge in [0.2, 0.25) is 5.91 Å². The fraction of sp³-hybridized carbons (Fsp3) is 0.231. The van der Waals surface area contributed by atoms with Gasteiger partial charge >= 0.3 is 0 Å². The van der Waals surface area contributed by atoms with E-state index in [1.54, 1.807) is 38.4 Å². The van der Waals surface area contributed by atoms with Gasteiger partial charge in [0.25, 0.3) is 5.56 Å². The van der Waals surface area contributed by atoms with E-state index in [0.717, 1.165) is 11.1 Å². The smallest absolute Gasteiger partial charge is 0.261 e. The first-order valence-corrected chi connectivity index (χ1v) is 11.7. The Morgan fingerprint density at radius 3 is 2.69 bits per heavy atom. The van der Waals surface area contributed by atoms with Crippen LogP contribution in [0.2, 0.25) is 5.02 Å². The molecule has 10 heteroatoms. The number of anilines is 1. The van der Waals surface area contributed by atoms with E-state index in [0.29, 0.717) is 39.4 Å². The predicted molar refractivity (Wildman–Crippen MR) is 137 cm³/mol. The van der Waals surface area contributed by atoms with E-state index in [4.69, 9.17) is 11.6 Å². The molecular weight excluding hydrogens is 485 g/mol. The Kier molecular flexibility index (Phi) is 7.61. The van der Waals surface area contributed by atoms with Crippen LogP contribution in [0, 0.1) is 11.7 Å². The quantitative estimate of drug-likeness (QED) is 0.334. The van der Waals surface area contributed by atoms with Gasteiger partial charge < -0.3 is 15.7 Å². The molecule has 2 heterocycles. The van der Waals surface area contributed by atoms with Gasteiger partial charge in [0.15, 0.2) is 0 Å². The Morgan fingerprint density at radius 1 is 1.17 bits per heavy atom. The lowest BCUT2D eigenvalue weighted by Gasteiger charge is -2.14. The van der Waals surface area contributed by atoms with E-state index >= 15 is 0 Å². The van der Waals surface area contributed by atoms with Crippen molar-refractivity contribution in [1.29, 1.82) is 0 Å². The molecule has 1 amide bonds. The van der Waals surface area contributed by atoms with Crippen LogP contribution in [0.5, 0.6) is 0 Å². The molecule has 8 nitrogen and oxygen atoms in total. The molecule has 0 bridgehead atoms. The summed E-state index contributed by atoms with van der Waals surface area (Å²) in [6.07, 6.45) is 3.06. The molecule has 0 aliphatic rings. The van der Waals surface area contributed by atoms with Crippen LogP contribution in [-0.2, 0) is 24.5 Å². The van der Waals surface area contributed by atoms with Crippen molar-refractivity contribution in [1.82, 2.24) is 19.9 Å². The van der Waals surface area contributed by atoms with Gasteiger partial charge in [-0.3, -0.25) is 19.1 Å². The molecule has 3 N–H and O–H groups in total. The summed E-state index contributed by atoms with van der Waals surface area (Å²) in [5.74, 6) is -0.974. The summed E-state index contributed by atoms with van der Waals surface area (Å²) in [6, 6.07) is 11.3. The summed E-state index contributed by atoms with van der Waals surface area (Å²) in [5.41, 5.74) is 3.45. The molecule has 4 aromatic rings. The van der Waals surface area contributed by atoms with E-state index in [1.807, 2.05) is 12.1 Å². The van der Waals surface area contributed by atoms with Crippen LogP contribution in [0.4, 0.5) is 10.1 Å². The van der Waals surface area contributed by atoms with Gasteiger partial charge in [-0.15, -0.1) is 0 Å². The largest absolute Gasteiger partial charge is 0.390 e. The summed E-state index contributed by atoms with van der Waals surface area (Å²) in [5, 5.41) is 16.2. The molecular formula is C26H25ClFN5O3. The second kappa shape index (κ2) is 10.8. The first kappa shape index (κ1) is 25.3. The standard InChI is InChI=1S/C26H25ClFN5O3/c1-15(25(35)29-2)12-33-14-32-22-6-4-16(7-20(22)26(33)36)18-8-23(24(13-34)31-11-18)30-10-17-3-5-19(28)9-21(17)27/h3-9,11,14-15,30,34H,10,12-13H2,1-2H3,(H,29,35)/t15-/m0/s1. The monoisotopic (exact) mass is 509 g/mol. The minimum absolute atomic E-state index is 0.159. The van der Waals surface area contributed by atoms with Crippen molar-refractivity contribution in [3.63, 3.8) is 0 Å². The Hall–Kier alpha value is -3.82. The van der Waals surface area contributed by atoms with Gasteiger partial charge in [-0.1, -0.05) is 30.7 Å². The number of hydrogen-bond acceptors (Lipinski definition) is 6. The number of amides is 1. The molecule has 1 atom stereocenters. The first-order valence-electron chi connectivity index (χ1n) is 11.3. The van der Waals surface area contributed by atoms with Crippen LogP contribution in [0.25, 0.3) is 22.0 Å². The normalized spacial score (nSPS) is 11.9. The number of hydrogen-bond donors (Lipinski definition) is 3. The zero-order valence-corrected chi connectivity index (χ0v) is 20.5. The molecule has 0 aliphatic heterocycles. The number of aliphatic hydroxyl groups excluding tert-OH is 1. The number of benzene rings is 2. The topological polar surface area (TPSA) is 109 Å². The number of nitrogens with one attached hydrogen (secondary N) is 2. The van der Waals surface area contributed by atoms with Crippen molar-refractivity contribution in [3.8, 4) is 11.1 Å². The maximum atomic E-state index is 13.4. The van der Waals surface area contributed by atoms with Crippen LogP contribution in [-0.4, -0.2) is 32.6 Å². The fourth-order valence-corrected chi connectivity index (χ4v) is 4.11. The lowest BCUT2D eigenvalue weighted by molar-refractivity contribution is -0.124. The van der Waals surface area contributed by atoms with Crippen molar-refractivity contribution in [2.24, 2.45) is 5.92 Å². The highest BCUT2D eigenvalue weighted by molar-refractivity contribution is 6.31. The van der Waals surface area contributed by atoms with Crippen LogP contribution in [0.1, 0.15) is 18.2 Å². The van der Waals surface area contributed by atoms with Gasteiger partial charge in [0.1, 0.15) is 5.82 Å². The molecule has 36 heavy (non-hydrogen) atoms. The van der Waals surface area contributed by atoms with Crippen molar-refractivity contribution < 1.29 is 14.3 Å². The number of rotatable bonds is 8. The first-order chi connectivity index (χ1) is 17.3. The fourth-order valence-electron chi connectivity index (χ4n) is 3.88. The lowest BCUT2D eigenvalue weighted by Crippen LogP contribution is -2.32. The van der Waals surface area contributed by atoms with E-state index in [-0.39, 0.29) is 24.6 Å². The zero-order valence-electron chi connectivity index (χ0n) is 19.8. The summed E-state index contributed by atoms with van der Waals surface area (Å²) in [4.78, 5) is 33.8. The highest BCUT2D eigenvalue weighted by Gasteiger charge is 2.15. The number of carbonyl (C=O) groups is 1. The van der Waals surface area contributed by atoms with Crippen molar-refractivity contribution in [2.75, 3.05) is 12.4 Å². The summed E-state index contributed by atoms with van der Waals surface area (Å²) in [6.45, 7) is 1.97. The third-order valence-electron chi connectivity index (χ3n) is 5.93. The number of fused-ring (bicyclic) bond motifs is 1. The second-order valence-electron chi connectivity index (χ2n) is 8.41. The van der Waals surface area contributed by atoms with E-state index in [2.05, 4.69) is 20.6 Å². The third kappa shape index (κ3) is 5.37. The summed E-state index contributed by atoms with van der Waals surface area (Å²) >= 11 is 6.13. The lowest BCUT2D eigenvalue weighted by atomic mass is 10.0. The zero-order chi connectivity index (χ0) is 25.8. The van der Waals surface area contributed by atoms with Crippen LogP contribution >= 0.6 is 11.6 Å². The Morgan fingerprint density at radius 2 is 1.97 bits per heavy atom. The molecule has 0 spiro atoms. The number of nitrogens with zero attached hydrogens (tertiary/aromatic N) is 3. The molecule has 0 radical (unpaired) electrons. The maximum absolute atomic E-state index is 13.4. The average Bonchev–Trinajstić information content (AvgIpc) is 2.89. The van der Waals surface area contributed by atoms with Crippen molar-refractivity contribution in [3.05, 3.63) is 87.4 Å². The van der Waals surface area contributed by atoms with E-state index < -0.39 is 11.7 Å². The summed E-state index contributed by atoms with van der Waals surface area (Å²) in [7, 11) is 1.56. The van der Waals surface area contributed by atoms with Gasteiger partial charge in [0, 0.05) is 36.9 Å². The highest BCUT2D eigenvalue weighted by atomic mass is 35.5. The Labute approximate surface area is 211 Å². The van der Waals surface area contributed by atoms with Gasteiger partial charge in [0.05, 0.1) is 41.1 Å². The predicted octanol–water partition coefficient (Wildman–Crippen LogP) is 3.74. The van der Waals surface area contributed by atoms with Gasteiger partial charge in [-0.05, 0) is 41.5 Å². The molecule has 0 saturated carbocycles. The van der Waals surface area contributed by atoms with Crippen LogP contribution in [0.15, 0.2) is 59.8 Å². The van der Waals surface area contributed by atoms with Crippen molar-refractivity contribution in [2.45, 2.75) is 26.6 Å². The number of aromatic nitrogens is 3. The van der Waals surface area contributed by atoms with Gasteiger partial charge in [-0.25, -0.2) is 9.37 Å². The average molecular weight is 510 g/mol. The van der Waals surface area contributed by atoms with Crippen LogP contribution < -0.4 is 16.2 Å². The van der Waals surface area contributed by atoms with Crippen molar-refractivity contribution >= 4 is 34.1 Å². The number of aliphatic hydroxyl groups is 1. The maximum Gasteiger partial charge on any atom is 0.261 e. The Bertz CT molecular complexity index is 1490. The summed E-state index contributed by atoms with van der Waals surface area (Å²) < 4.78 is 14.8. The minimum atomic E-state index is -0.420. The Balaban J connectivity index is 1.66. The number of carbonyl (C=O) groups excluding carboxylic acids is 1. The SMILES string of the molecule is CNC(=O)[C@@H](C)Cn1cnc2ccc(-c3cnc(CO)c(NCc4ccc(F)cc4Cl)c3)cc2c1=O. The molecule has 0 fully saturated rings. The van der Waals surface area contributed by atoms with Crippen LogP contribution in [0.3, 0.4) is 0 Å². The highest BCUT2D eigenvalue weighted by Crippen LogP contribution is 2.27. The molecule has 0 aliphatic carbocycles. The van der Waals surface area contributed by atoms with E-state index in [1.165, 1.54) is 23.0 Å². The molecule has 2 aromatic heterocycles. The van der Waals surface area contributed by atoms with Gasteiger partial charge in [-0.2, -0.15) is 0 Å². The number of halogens is 2. The second-order valence-corrected chi connectivity index (χ2v) is 8.82. The third-order valence-corrected chi connectivity index (χ3v) is 6.28. The molecule has 0 unspecified atom stereocenters. The molecule has 0 saturated heterocycles. The number of pyridine rings is 1.